The molecule has 15 heavy (non-hydrogen) atoms. The van der Waals surface area contributed by atoms with Crippen LogP contribution < -0.4 is 0 Å². The summed E-state index contributed by atoms with van der Waals surface area (Å²) in [6.07, 6.45) is 4.08. The van der Waals surface area contributed by atoms with Crippen molar-refractivity contribution in [3.63, 3.8) is 0 Å². The Morgan fingerprint density at radius 2 is 2.00 bits per heavy atom. The van der Waals surface area contributed by atoms with Gasteiger partial charge in [0.1, 0.15) is 5.60 Å². The summed E-state index contributed by atoms with van der Waals surface area (Å²) >= 11 is 0. The van der Waals surface area contributed by atoms with E-state index in [2.05, 4.69) is 0 Å². The Kier molecular flexibility index (Phi) is 2.44. The van der Waals surface area contributed by atoms with Gasteiger partial charge in [-0.3, -0.25) is 9.59 Å². The molecule has 1 spiro atoms. The number of carbonyl (C=O) groups excluding carboxylic acids is 2. The number of nitrogens with zero attached hydrogens (tertiary/aromatic N) is 1. The molecule has 2 aliphatic rings. The van der Waals surface area contributed by atoms with Gasteiger partial charge >= 0.3 is 5.97 Å². The molecule has 0 radical (unpaired) electrons. The van der Waals surface area contributed by atoms with Gasteiger partial charge in [0.05, 0.1) is 12.3 Å². The molecule has 4 heteroatoms. The lowest BCUT2D eigenvalue weighted by Crippen LogP contribution is -2.42. The van der Waals surface area contributed by atoms with Crippen LogP contribution in [-0.4, -0.2) is 36.5 Å². The Hall–Kier alpha value is -1.06. The minimum atomic E-state index is -0.460. The summed E-state index contributed by atoms with van der Waals surface area (Å²) in [6, 6.07) is 0. The predicted molar refractivity (Wildman–Crippen MR) is 54.1 cm³/mol. The number of rotatable bonds is 1. The fraction of sp³-hybridized carbons (Fsp3) is 0.818. The second-order valence-electron chi connectivity index (χ2n) is 4.74. The van der Waals surface area contributed by atoms with Crippen LogP contribution in [0, 0.1) is 5.92 Å². The van der Waals surface area contributed by atoms with Crippen molar-refractivity contribution in [1.29, 1.82) is 0 Å². The van der Waals surface area contributed by atoms with E-state index in [1.807, 2.05) is 0 Å². The van der Waals surface area contributed by atoms with Gasteiger partial charge in [-0.2, -0.15) is 0 Å². The molecule has 0 N–H and O–H groups in total. The standard InChI is InChI=1S/C11H17NO3/c1-12(2)10(14)8-7-9(13)15-11(8)5-3-4-6-11/h8H,3-7H2,1-2H3. The summed E-state index contributed by atoms with van der Waals surface area (Å²) in [6.45, 7) is 0. The maximum atomic E-state index is 11.9. The molecule has 2 fully saturated rings. The van der Waals surface area contributed by atoms with E-state index in [9.17, 15) is 9.59 Å². The average molecular weight is 211 g/mol. The molecule has 1 saturated heterocycles. The van der Waals surface area contributed by atoms with Gasteiger partial charge < -0.3 is 9.64 Å². The molecule has 0 aromatic rings. The van der Waals surface area contributed by atoms with E-state index in [1.54, 1.807) is 19.0 Å². The lowest BCUT2D eigenvalue weighted by atomic mass is 9.85. The molecule has 1 aliphatic heterocycles. The zero-order valence-corrected chi connectivity index (χ0v) is 9.28. The second-order valence-corrected chi connectivity index (χ2v) is 4.74. The largest absolute Gasteiger partial charge is 0.458 e. The maximum Gasteiger partial charge on any atom is 0.307 e. The summed E-state index contributed by atoms with van der Waals surface area (Å²) in [5, 5.41) is 0. The number of hydrogen-bond donors (Lipinski definition) is 0. The monoisotopic (exact) mass is 211 g/mol. The Labute approximate surface area is 89.6 Å². The van der Waals surface area contributed by atoms with Crippen LogP contribution >= 0.6 is 0 Å². The molecular weight excluding hydrogens is 194 g/mol. The van der Waals surface area contributed by atoms with Crippen LogP contribution in [0.15, 0.2) is 0 Å². The molecule has 0 aromatic carbocycles. The first-order valence-electron chi connectivity index (χ1n) is 5.48. The minimum Gasteiger partial charge on any atom is -0.458 e. The normalized spacial score (nSPS) is 28.1. The number of carbonyl (C=O) groups is 2. The van der Waals surface area contributed by atoms with Gasteiger partial charge in [0.25, 0.3) is 0 Å². The fourth-order valence-electron chi connectivity index (χ4n) is 2.74. The fourth-order valence-corrected chi connectivity index (χ4v) is 2.74. The average Bonchev–Trinajstić information content (AvgIpc) is 2.74. The van der Waals surface area contributed by atoms with Crippen LogP contribution in [0.3, 0.4) is 0 Å². The number of amides is 1. The topological polar surface area (TPSA) is 46.6 Å². The van der Waals surface area contributed by atoms with E-state index < -0.39 is 5.60 Å². The molecule has 84 valence electrons. The van der Waals surface area contributed by atoms with Gasteiger partial charge in [-0.1, -0.05) is 0 Å². The lowest BCUT2D eigenvalue weighted by molar-refractivity contribution is -0.151. The Morgan fingerprint density at radius 3 is 2.53 bits per heavy atom. The van der Waals surface area contributed by atoms with E-state index in [1.165, 1.54) is 0 Å². The van der Waals surface area contributed by atoms with E-state index in [-0.39, 0.29) is 24.2 Å². The van der Waals surface area contributed by atoms with E-state index in [4.69, 9.17) is 4.74 Å². The summed E-state index contributed by atoms with van der Waals surface area (Å²) in [5.74, 6) is -0.428. The molecule has 1 atom stereocenters. The van der Waals surface area contributed by atoms with Crippen molar-refractivity contribution in [2.75, 3.05) is 14.1 Å². The molecule has 4 nitrogen and oxygen atoms in total. The van der Waals surface area contributed by atoms with Crippen molar-refractivity contribution in [3.8, 4) is 0 Å². The van der Waals surface area contributed by atoms with Gasteiger partial charge in [0.2, 0.25) is 5.91 Å². The van der Waals surface area contributed by atoms with Gasteiger partial charge in [-0.05, 0) is 25.7 Å². The van der Waals surface area contributed by atoms with Crippen molar-refractivity contribution in [2.24, 2.45) is 5.92 Å². The Bertz CT molecular complexity index is 292. The van der Waals surface area contributed by atoms with Crippen LogP contribution in [0.4, 0.5) is 0 Å². The first kappa shape index (κ1) is 10.5. The molecule has 0 bridgehead atoms. The van der Waals surface area contributed by atoms with Crippen molar-refractivity contribution in [1.82, 2.24) is 4.90 Å². The minimum absolute atomic E-state index is 0.0303. The SMILES string of the molecule is CN(C)C(=O)C1CC(=O)OC12CCCC2. The lowest BCUT2D eigenvalue weighted by Gasteiger charge is -2.29. The third kappa shape index (κ3) is 1.62. The highest BCUT2D eigenvalue weighted by Gasteiger charge is 2.54. The van der Waals surface area contributed by atoms with E-state index >= 15 is 0 Å². The zero-order valence-electron chi connectivity index (χ0n) is 9.28. The quantitative estimate of drug-likeness (QED) is 0.607. The van der Waals surface area contributed by atoms with Crippen molar-refractivity contribution < 1.29 is 14.3 Å². The molecule has 1 amide bonds. The molecule has 2 rings (SSSR count). The van der Waals surface area contributed by atoms with Gasteiger partial charge in [-0.25, -0.2) is 0 Å². The number of hydrogen-bond acceptors (Lipinski definition) is 3. The van der Waals surface area contributed by atoms with E-state index in [0.717, 1.165) is 25.7 Å². The first-order valence-corrected chi connectivity index (χ1v) is 5.48. The molecule has 1 saturated carbocycles. The van der Waals surface area contributed by atoms with Crippen LogP contribution in [0.2, 0.25) is 0 Å². The number of esters is 1. The molecule has 1 aliphatic carbocycles. The highest BCUT2D eigenvalue weighted by molar-refractivity contribution is 5.87. The number of ether oxygens (including phenoxy) is 1. The van der Waals surface area contributed by atoms with Crippen LogP contribution in [0.25, 0.3) is 0 Å². The molecule has 0 aromatic heterocycles. The summed E-state index contributed by atoms with van der Waals surface area (Å²) in [4.78, 5) is 24.9. The maximum absolute atomic E-state index is 11.9. The third-order valence-electron chi connectivity index (χ3n) is 3.51. The summed E-state index contributed by atoms with van der Waals surface area (Å²) in [7, 11) is 3.46. The van der Waals surface area contributed by atoms with Crippen molar-refractivity contribution in [3.05, 3.63) is 0 Å². The molecule has 1 heterocycles. The predicted octanol–water partition coefficient (Wildman–Crippen LogP) is 0.950. The molecule has 1 unspecified atom stereocenters. The summed E-state index contributed by atoms with van der Waals surface area (Å²) in [5.41, 5.74) is -0.460. The van der Waals surface area contributed by atoms with Crippen LogP contribution in [-0.2, 0) is 14.3 Å². The highest BCUT2D eigenvalue weighted by Crippen LogP contribution is 2.45. The van der Waals surface area contributed by atoms with Crippen LogP contribution in [0.1, 0.15) is 32.1 Å². The van der Waals surface area contributed by atoms with Gasteiger partial charge in [0, 0.05) is 14.1 Å². The van der Waals surface area contributed by atoms with Gasteiger partial charge in [-0.15, -0.1) is 0 Å². The van der Waals surface area contributed by atoms with Gasteiger partial charge in [0.15, 0.2) is 0 Å². The Balaban J connectivity index is 2.22. The van der Waals surface area contributed by atoms with Crippen molar-refractivity contribution in [2.45, 2.75) is 37.7 Å². The second kappa shape index (κ2) is 3.51. The highest BCUT2D eigenvalue weighted by atomic mass is 16.6. The third-order valence-corrected chi connectivity index (χ3v) is 3.51. The zero-order chi connectivity index (χ0) is 11.1. The smallest absolute Gasteiger partial charge is 0.307 e. The summed E-state index contributed by atoms with van der Waals surface area (Å²) < 4.78 is 5.41. The Morgan fingerprint density at radius 1 is 1.40 bits per heavy atom. The first-order chi connectivity index (χ1) is 7.05. The molecular formula is C11H17NO3. The van der Waals surface area contributed by atoms with Crippen LogP contribution in [0.5, 0.6) is 0 Å². The van der Waals surface area contributed by atoms with Crippen molar-refractivity contribution >= 4 is 11.9 Å². The van der Waals surface area contributed by atoms with E-state index in [0.29, 0.717) is 0 Å².